The number of phenolic OH excluding ortho intramolecular Hbond substituents is 2. The number of nitrogens with zero attached hydrogens (tertiary/aromatic N) is 3. The van der Waals surface area contributed by atoms with Gasteiger partial charge in [-0.3, -0.25) is 9.98 Å². The van der Waals surface area contributed by atoms with Crippen LogP contribution in [-0.2, 0) is 0 Å². The van der Waals surface area contributed by atoms with Gasteiger partial charge in [-0.15, -0.1) is 0 Å². The van der Waals surface area contributed by atoms with Crippen molar-refractivity contribution in [2.45, 2.75) is 0 Å². The highest BCUT2D eigenvalue weighted by Crippen LogP contribution is 2.27. The van der Waals surface area contributed by atoms with E-state index < -0.39 is 0 Å². The van der Waals surface area contributed by atoms with E-state index >= 15 is 0 Å². The summed E-state index contributed by atoms with van der Waals surface area (Å²) in [5, 5.41) is 26.4. The summed E-state index contributed by atoms with van der Waals surface area (Å²) in [6.07, 6.45) is 2.92. The van der Waals surface area contributed by atoms with Gasteiger partial charge in [0.15, 0.2) is 22.6 Å². The number of aromatic hydroxyl groups is 2. The molecule has 3 rings (SSSR count). The molecule has 0 saturated heterocycles. The molecule has 7 heteroatoms. The van der Waals surface area contributed by atoms with Crippen molar-refractivity contribution in [2.75, 3.05) is 0 Å². The molecule has 0 aliphatic heterocycles. The average molecular weight is 243 g/mol. The van der Waals surface area contributed by atoms with Crippen molar-refractivity contribution < 1.29 is 10.2 Å². The third kappa shape index (κ3) is 1.41. The lowest BCUT2D eigenvalue weighted by Crippen LogP contribution is -2.11. The highest BCUT2D eigenvalue weighted by Gasteiger charge is 2.08. The number of benzene rings is 1. The van der Waals surface area contributed by atoms with Crippen LogP contribution in [0.1, 0.15) is 0 Å². The molecule has 0 saturated carbocycles. The minimum absolute atomic E-state index is 0.0988. The number of hydrogen-bond acceptors (Lipinski definition) is 5. The quantitative estimate of drug-likeness (QED) is 0.470. The number of nitrogens with one attached hydrogen (secondary N) is 2. The molecule has 1 aromatic carbocycles. The zero-order chi connectivity index (χ0) is 12.7. The van der Waals surface area contributed by atoms with E-state index in [9.17, 15) is 10.2 Å². The Bertz CT molecular complexity index is 789. The van der Waals surface area contributed by atoms with Crippen molar-refractivity contribution in [3.8, 4) is 17.2 Å². The lowest BCUT2D eigenvalue weighted by molar-refractivity contribution is 0.403. The molecule has 0 spiro atoms. The van der Waals surface area contributed by atoms with Crippen LogP contribution in [0.2, 0.25) is 0 Å². The average Bonchev–Trinajstić information content (AvgIpc) is 2.83. The molecular formula is C11H9N5O2. The smallest absolute Gasteiger partial charge is 0.173 e. The van der Waals surface area contributed by atoms with Crippen molar-refractivity contribution in [1.82, 2.24) is 19.5 Å². The van der Waals surface area contributed by atoms with Gasteiger partial charge in [0, 0.05) is 6.07 Å². The number of aromatic amines is 1. The summed E-state index contributed by atoms with van der Waals surface area (Å²) >= 11 is 0. The Morgan fingerprint density at radius 2 is 2.00 bits per heavy atom. The molecule has 0 unspecified atom stereocenters. The van der Waals surface area contributed by atoms with Crippen LogP contribution in [0.4, 0.5) is 0 Å². The number of imidazole rings is 1. The molecule has 3 aromatic rings. The first-order valence-corrected chi connectivity index (χ1v) is 5.14. The maximum absolute atomic E-state index is 9.49. The number of rotatable bonds is 1. The zero-order valence-corrected chi connectivity index (χ0v) is 9.12. The molecule has 0 amide bonds. The van der Waals surface area contributed by atoms with Crippen molar-refractivity contribution in [2.24, 2.45) is 0 Å². The molecule has 0 aliphatic rings. The third-order valence-corrected chi connectivity index (χ3v) is 2.62. The molecule has 0 bridgehead atoms. The molecular weight excluding hydrogens is 234 g/mol. The van der Waals surface area contributed by atoms with Gasteiger partial charge < -0.3 is 15.2 Å². The third-order valence-electron chi connectivity index (χ3n) is 2.62. The Balaban J connectivity index is 2.31. The standard InChI is InChI=1S/C11H9N5O2/c12-10-9-11(14-4-13-9)16(5-15-10)6-1-2-7(17)8(18)3-6/h1-5,12,17-18H,(H,13,14). The van der Waals surface area contributed by atoms with Gasteiger partial charge in [0.2, 0.25) is 0 Å². The Morgan fingerprint density at radius 1 is 1.17 bits per heavy atom. The van der Waals surface area contributed by atoms with Crippen LogP contribution >= 0.6 is 0 Å². The summed E-state index contributed by atoms with van der Waals surface area (Å²) in [6, 6.07) is 4.40. The predicted octanol–water partition coefficient (Wildman–Crippen LogP) is 0.639. The molecule has 90 valence electrons. The molecule has 2 aromatic heterocycles. The van der Waals surface area contributed by atoms with Crippen molar-refractivity contribution in [3.63, 3.8) is 0 Å². The number of phenols is 2. The maximum Gasteiger partial charge on any atom is 0.173 e. The van der Waals surface area contributed by atoms with Crippen molar-refractivity contribution >= 4 is 11.2 Å². The van der Waals surface area contributed by atoms with Gasteiger partial charge in [0.25, 0.3) is 0 Å². The van der Waals surface area contributed by atoms with Crippen molar-refractivity contribution in [1.29, 1.82) is 5.41 Å². The Kier molecular flexibility index (Phi) is 2.06. The first kappa shape index (κ1) is 10.3. The minimum Gasteiger partial charge on any atom is -0.504 e. The van der Waals surface area contributed by atoms with Gasteiger partial charge in [-0.05, 0) is 12.1 Å². The second-order valence-electron chi connectivity index (χ2n) is 3.74. The van der Waals surface area contributed by atoms with Crippen LogP contribution in [-0.4, -0.2) is 29.7 Å². The van der Waals surface area contributed by atoms with E-state index in [2.05, 4.69) is 15.0 Å². The van der Waals surface area contributed by atoms with E-state index in [1.165, 1.54) is 24.8 Å². The fraction of sp³-hybridized carbons (Fsp3) is 0. The first-order chi connectivity index (χ1) is 8.66. The lowest BCUT2D eigenvalue weighted by atomic mass is 10.2. The fourth-order valence-corrected chi connectivity index (χ4v) is 1.73. The molecule has 0 atom stereocenters. The van der Waals surface area contributed by atoms with E-state index in [1.807, 2.05) is 0 Å². The Labute approximate surface area is 101 Å². The summed E-state index contributed by atoms with van der Waals surface area (Å²) in [7, 11) is 0. The van der Waals surface area contributed by atoms with Crippen LogP contribution < -0.4 is 5.49 Å². The van der Waals surface area contributed by atoms with Gasteiger partial charge in [-0.1, -0.05) is 0 Å². The number of hydrogen-bond donors (Lipinski definition) is 4. The summed E-state index contributed by atoms with van der Waals surface area (Å²) in [4.78, 5) is 10.9. The normalized spacial score (nSPS) is 10.9. The second-order valence-corrected chi connectivity index (χ2v) is 3.74. The molecule has 2 heterocycles. The predicted molar refractivity (Wildman–Crippen MR) is 62.4 cm³/mol. The highest BCUT2D eigenvalue weighted by atomic mass is 16.3. The summed E-state index contributed by atoms with van der Waals surface area (Å²) in [5.74, 6) is -0.415. The topological polar surface area (TPSA) is 111 Å². The number of H-pyrrole nitrogens is 1. The van der Waals surface area contributed by atoms with Gasteiger partial charge in [-0.2, -0.15) is 0 Å². The number of fused-ring (bicyclic) bond motifs is 1. The molecule has 7 nitrogen and oxygen atoms in total. The Morgan fingerprint density at radius 3 is 2.78 bits per heavy atom. The lowest BCUT2D eigenvalue weighted by Gasteiger charge is -2.07. The van der Waals surface area contributed by atoms with E-state index in [4.69, 9.17) is 5.41 Å². The van der Waals surface area contributed by atoms with Crippen LogP contribution in [0.25, 0.3) is 16.9 Å². The van der Waals surface area contributed by atoms with E-state index in [0.717, 1.165) is 0 Å². The van der Waals surface area contributed by atoms with Crippen LogP contribution in [0, 0.1) is 5.41 Å². The molecule has 0 aliphatic carbocycles. The molecule has 0 radical (unpaired) electrons. The van der Waals surface area contributed by atoms with Gasteiger partial charge in [0.1, 0.15) is 11.8 Å². The minimum atomic E-state index is -0.223. The monoisotopic (exact) mass is 243 g/mol. The fourth-order valence-electron chi connectivity index (χ4n) is 1.73. The van der Waals surface area contributed by atoms with Gasteiger partial charge in [-0.25, -0.2) is 9.97 Å². The van der Waals surface area contributed by atoms with Crippen LogP contribution in [0.5, 0.6) is 11.5 Å². The van der Waals surface area contributed by atoms with Gasteiger partial charge in [0.05, 0.1) is 12.0 Å². The van der Waals surface area contributed by atoms with E-state index in [0.29, 0.717) is 16.9 Å². The maximum atomic E-state index is 9.49. The van der Waals surface area contributed by atoms with Crippen LogP contribution in [0.15, 0.2) is 30.9 Å². The number of aromatic nitrogens is 4. The highest BCUT2D eigenvalue weighted by molar-refractivity contribution is 5.71. The molecule has 0 fully saturated rings. The largest absolute Gasteiger partial charge is 0.504 e. The summed E-state index contributed by atoms with van der Waals surface area (Å²) in [5.41, 5.74) is 1.72. The zero-order valence-electron chi connectivity index (χ0n) is 9.12. The molecule has 18 heavy (non-hydrogen) atoms. The first-order valence-electron chi connectivity index (χ1n) is 5.14. The van der Waals surface area contributed by atoms with E-state index in [-0.39, 0.29) is 17.0 Å². The van der Waals surface area contributed by atoms with Gasteiger partial charge >= 0.3 is 0 Å². The van der Waals surface area contributed by atoms with Crippen molar-refractivity contribution in [3.05, 3.63) is 36.3 Å². The van der Waals surface area contributed by atoms with Crippen LogP contribution in [0.3, 0.4) is 0 Å². The summed E-state index contributed by atoms with van der Waals surface area (Å²) < 4.78 is 1.61. The second kappa shape index (κ2) is 3.59. The van der Waals surface area contributed by atoms with E-state index in [1.54, 1.807) is 10.6 Å². The summed E-state index contributed by atoms with van der Waals surface area (Å²) in [6.45, 7) is 0. The molecule has 4 N–H and O–H groups in total. The SMILES string of the molecule is N=c1ncn(-c2ccc(O)c(O)c2)c2nc[nH]c12. The Hall–Kier alpha value is -2.83.